The maximum atomic E-state index is 13.1. The van der Waals surface area contributed by atoms with Crippen molar-refractivity contribution in [1.82, 2.24) is 9.55 Å². The van der Waals surface area contributed by atoms with Crippen LogP contribution in [0.3, 0.4) is 0 Å². The molecule has 3 rings (SSSR count). The lowest BCUT2D eigenvalue weighted by atomic mass is 10.1. The molecule has 2 aromatic carbocycles. The molecule has 1 atom stereocenters. The summed E-state index contributed by atoms with van der Waals surface area (Å²) < 4.78 is 24.4. The normalized spacial score (nSPS) is 12.8. The van der Waals surface area contributed by atoms with Crippen LogP contribution in [0.4, 0.5) is 5.69 Å². The van der Waals surface area contributed by atoms with Crippen molar-refractivity contribution in [1.29, 1.82) is 0 Å². The molecule has 0 aliphatic carbocycles. The van der Waals surface area contributed by atoms with Gasteiger partial charge in [0.1, 0.15) is 0 Å². The van der Waals surface area contributed by atoms with Gasteiger partial charge in [-0.2, -0.15) is 0 Å². The van der Waals surface area contributed by atoms with Crippen molar-refractivity contribution in [2.75, 3.05) is 5.32 Å². The zero-order chi connectivity index (χ0) is 23.5. The first-order valence-electron chi connectivity index (χ1n) is 10.2. The van der Waals surface area contributed by atoms with Gasteiger partial charge >= 0.3 is 0 Å². The molecular weight excluding hydrogens is 448 g/mol. The molecule has 0 aliphatic heterocycles. The number of rotatable bonds is 8. The Kier molecular flexibility index (Phi) is 7.37. The second kappa shape index (κ2) is 9.85. The Labute approximate surface area is 191 Å². The Hall–Kier alpha value is -2.69. The van der Waals surface area contributed by atoms with Gasteiger partial charge in [-0.25, -0.2) is 18.5 Å². The molecule has 1 aromatic heterocycles. The number of thioether (sulfide) groups is 1. The van der Waals surface area contributed by atoms with E-state index in [1.54, 1.807) is 23.6 Å². The molecule has 0 fully saturated rings. The van der Waals surface area contributed by atoms with Crippen LogP contribution in [0, 0.1) is 5.92 Å². The van der Waals surface area contributed by atoms with Crippen molar-refractivity contribution < 1.29 is 13.2 Å². The van der Waals surface area contributed by atoms with Gasteiger partial charge in [-0.3, -0.25) is 14.2 Å². The van der Waals surface area contributed by atoms with E-state index < -0.39 is 15.3 Å². The van der Waals surface area contributed by atoms with Gasteiger partial charge in [0.25, 0.3) is 5.56 Å². The third-order valence-corrected chi connectivity index (χ3v) is 6.88. The largest absolute Gasteiger partial charge is 0.325 e. The number of primary sulfonamides is 1. The molecule has 0 saturated carbocycles. The van der Waals surface area contributed by atoms with Crippen LogP contribution in [-0.2, 0) is 21.4 Å². The molecule has 0 radical (unpaired) electrons. The van der Waals surface area contributed by atoms with Crippen molar-refractivity contribution in [3.8, 4) is 0 Å². The van der Waals surface area contributed by atoms with E-state index in [0.717, 1.165) is 6.42 Å². The molecular formula is C22H26N4O4S2. The highest BCUT2D eigenvalue weighted by molar-refractivity contribution is 8.00. The van der Waals surface area contributed by atoms with E-state index in [1.807, 2.05) is 12.1 Å². The topological polar surface area (TPSA) is 124 Å². The van der Waals surface area contributed by atoms with Crippen LogP contribution in [-0.4, -0.2) is 29.1 Å². The number of anilines is 1. The first-order valence-corrected chi connectivity index (χ1v) is 12.6. The predicted molar refractivity (Wildman–Crippen MR) is 127 cm³/mol. The van der Waals surface area contributed by atoms with Gasteiger partial charge in [-0.05, 0) is 55.7 Å². The molecule has 170 valence electrons. The average Bonchev–Trinajstić information content (AvgIpc) is 2.73. The highest BCUT2D eigenvalue weighted by Gasteiger charge is 2.20. The predicted octanol–water partition coefficient (Wildman–Crippen LogP) is 3.21. The molecule has 0 aliphatic rings. The number of sulfonamides is 1. The zero-order valence-corrected chi connectivity index (χ0v) is 19.7. The lowest BCUT2D eigenvalue weighted by Gasteiger charge is -2.17. The van der Waals surface area contributed by atoms with Crippen molar-refractivity contribution in [2.24, 2.45) is 11.1 Å². The van der Waals surface area contributed by atoms with Gasteiger partial charge in [0.05, 0.1) is 21.0 Å². The van der Waals surface area contributed by atoms with Crippen molar-refractivity contribution in [3.63, 3.8) is 0 Å². The first kappa shape index (κ1) is 24.0. The van der Waals surface area contributed by atoms with Crippen LogP contribution in [0.25, 0.3) is 10.9 Å². The summed E-state index contributed by atoms with van der Waals surface area (Å²) in [6.45, 7) is 6.42. The third-order valence-electron chi connectivity index (χ3n) is 4.86. The summed E-state index contributed by atoms with van der Waals surface area (Å²) in [6.07, 6.45) is 0.810. The second-order valence-electron chi connectivity index (χ2n) is 7.87. The van der Waals surface area contributed by atoms with Gasteiger partial charge in [0.15, 0.2) is 5.16 Å². The van der Waals surface area contributed by atoms with Gasteiger partial charge in [-0.1, -0.05) is 37.7 Å². The van der Waals surface area contributed by atoms with Crippen molar-refractivity contribution in [3.05, 3.63) is 58.9 Å². The summed E-state index contributed by atoms with van der Waals surface area (Å²) in [6, 6.07) is 12.8. The zero-order valence-electron chi connectivity index (χ0n) is 18.1. The van der Waals surface area contributed by atoms with E-state index in [1.165, 1.54) is 36.0 Å². The van der Waals surface area contributed by atoms with E-state index in [-0.39, 0.29) is 16.4 Å². The molecule has 32 heavy (non-hydrogen) atoms. The second-order valence-corrected chi connectivity index (χ2v) is 10.7. The summed E-state index contributed by atoms with van der Waals surface area (Å²) in [5.74, 6) is 0.114. The first-order chi connectivity index (χ1) is 15.1. The van der Waals surface area contributed by atoms with Crippen molar-refractivity contribution >= 4 is 44.3 Å². The van der Waals surface area contributed by atoms with E-state index >= 15 is 0 Å². The summed E-state index contributed by atoms with van der Waals surface area (Å²) in [5, 5.41) is 8.34. The van der Waals surface area contributed by atoms with Crippen LogP contribution in [0.15, 0.2) is 63.4 Å². The molecule has 10 heteroatoms. The quantitative estimate of drug-likeness (QED) is 0.382. The minimum absolute atomic E-state index is 0.0348. The lowest BCUT2D eigenvalue weighted by molar-refractivity contribution is -0.115. The SMILES string of the molecule is CC(C)CCn1c(SC(C)C(=O)Nc2ccc(S(N)(=O)=O)cc2)nc2ccccc2c1=O. The van der Waals surface area contributed by atoms with Gasteiger partial charge in [0, 0.05) is 12.2 Å². The van der Waals surface area contributed by atoms with Crippen LogP contribution in [0.1, 0.15) is 27.2 Å². The lowest BCUT2D eigenvalue weighted by Crippen LogP contribution is -2.27. The minimum atomic E-state index is -3.80. The molecule has 8 nitrogen and oxygen atoms in total. The van der Waals surface area contributed by atoms with E-state index in [0.29, 0.717) is 34.2 Å². The van der Waals surface area contributed by atoms with E-state index in [4.69, 9.17) is 5.14 Å². The Bertz CT molecular complexity index is 1290. The van der Waals surface area contributed by atoms with E-state index in [9.17, 15) is 18.0 Å². The number of para-hydroxylation sites is 1. The average molecular weight is 475 g/mol. The Morgan fingerprint density at radius 1 is 1.12 bits per heavy atom. The molecule has 0 bridgehead atoms. The molecule has 0 spiro atoms. The van der Waals surface area contributed by atoms with Crippen LogP contribution >= 0.6 is 11.8 Å². The molecule has 0 saturated heterocycles. The molecule has 1 unspecified atom stereocenters. The van der Waals surface area contributed by atoms with Gasteiger partial charge in [-0.15, -0.1) is 0 Å². The van der Waals surface area contributed by atoms with Crippen LogP contribution in [0.5, 0.6) is 0 Å². The number of nitrogens with one attached hydrogen (secondary N) is 1. The number of fused-ring (bicyclic) bond motifs is 1. The number of amides is 1. The standard InChI is InChI=1S/C22H26N4O4S2/c1-14(2)12-13-26-21(28)18-6-4-5-7-19(18)25-22(26)31-15(3)20(27)24-16-8-10-17(11-9-16)32(23,29)30/h4-11,14-15H,12-13H2,1-3H3,(H,24,27)(H2,23,29,30). The third kappa shape index (κ3) is 5.76. The molecule has 1 heterocycles. The fourth-order valence-corrected chi connectivity index (χ4v) is 4.46. The maximum Gasteiger partial charge on any atom is 0.262 e. The van der Waals surface area contributed by atoms with E-state index in [2.05, 4.69) is 24.1 Å². The summed E-state index contributed by atoms with van der Waals surface area (Å²) in [5.41, 5.74) is 0.912. The Balaban J connectivity index is 1.83. The highest BCUT2D eigenvalue weighted by atomic mass is 32.2. The molecule has 3 aromatic rings. The number of hydrogen-bond acceptors (Lipinski definition) is 6. The number of nitrogens with zero attached hydrogens (tertiary/aromatic N) is 2. The van der Waals surface area contributed by atoms with Gasteiger partial charge in [0.2, 0.25) is 15.9 Å². The smallest absolute Gasteiger partial charge is 0.262 e. The van der Waals surface area contributed by atoms with Gasteiger partial charge < -0.3 is 5.32 Å². The maximum absolute atomic E-state index is 13.1. The van der Waals surface area contributed by atoms with Crippen LogP contribution < -0.4 is 16.0 Å². The summed E-state index contributed by atoms with van der Waals surface area (Å²) >= 11 is 1.21. The summed E-state index contributed by atoms with van der Waals surface area (Å²) in [7, 11) is -3.80. The fourth-order valence-electron chi connectivity index (χ4n) is 3.01. The number of hydrogen-bond donors (Lipinski definition) is 2. The summed E-state index contributed by atoms with van der Waals surface area (Å²) in [4.78, 5) is 30.4. The number of aromatic nitrogens is 2. The van der Waals surface area contributed by atoms with Crippen molar-refractivity contribution in [2.45, 2.75) is 49.0 Å². The highest BCUT2D eigenvalue weighted by Crippen LogP contribution is 2.24. The Morgan fingerprint density at radius 3 is 2.41 bits per heavy atom. The number of nitrogens with two attached hydrogens (primary N) is 1. The Morgan fingerprint density at radius 2 is 1.78 bits per heavy atom. The number of carbonyl (C=O) groups is 1. The van der Waals surface area contributed by atoms with Crippen LogP contribution in [0.2, 0.25) is 0 Å². The molecule has 1 amide bonds. The minimum Gasteiger partial charge on any atom is -0.325 e. The fraction of sp³-hybridized carbons (Fsp3) is 0.318. The molecule has 3 N–H and O–H groups in total. The monoisotopic (exact) mass is 474 g/mol. The number of benzene rings is 2. The number of carbonyl (C=O) groups excluding carboxylic acids is 1.